The van der Waals surface area contributed by atoms with Gasteiger partial charge in [-0.05, 0) is 42.7 Å². The van der Waals surface area contributed by atoms with Gasteiger partial charge in [-0.2, -0.15) is 0 Å². The smallest absolute Gasteiger partial charge is 0.227 e. The van der Waals surface area contributed by atoms with E-state index in [1.54, 1.807) is 13.4 Å². The van der Waals surface area contributed by atoms with Crippen LogP contribution in [-0.4, -0.2) is 48.0 Å². The molecule has 1 fully saturated rings. The molecule has 6 heteroatoms. The SMILES string of the molecule is COc1ccc(-c2cc(N3CCCC(C(=O)N(C)Cc4ccccc4)C3)ncn2)cc1. The fourth-order valence-electron chi connectivity index (χ4n) is 4.07. The second-order valence-electron chi connectivity index (χ2n) is 7.96. The van der Waals surface area contributed by atoms with Crippen LogP contribution in [0.1, 0.15) is 18.4 Å². The molecular weight excluding hydrogens is 388 g/mol. The van der Waals surface area contributed by atoms with Crippen molar-refractivity contribution in [3.8, 4) is 17.0 Å². The first kappa shape index (κ1) is 20.8. The van der Waals surface area contributed by atoms with Gasteiger partial charge in [0.25, 0.3) is 0 Å². The van der Waals surface area contributed by atoms with Crippen molar-refractivity contribution >= 4 is 11.7 Å². The van der Waals surface area contributed by atoms with E-state index in [9.17, 15) is 4.79 Å². The molecule has 6 nitrogen and oxygen atoms in total. The molecular formula is C25H28N4O2. The Morgan fingerprint density at radius 1 is 1.13 bits per heavy atom. The Balaban J connectivity index is 1.45. The zero-order valence-electron chi connectivity index (χ0n) is 18.1. The van der Waals surface area contributed by atoms with Crippen molar-refractivity contribution < 1.29 is 9.53 Å². The molecule has 0 aliphatic carbocycles. The molecule has 0 N–H and O–H groups in total. The largest absolute Gasteiger partial charge is 0.497 e. The lowest BCUT2D eigenvalue weighted by Crippen LogP contribution is -2.43. The Bertz CT molecular complexity index is 1010. The van der Waals surface area contributed by atoms with Crippen LogP contribution < -0.4 is 9.64 Å². The van der Waals surface area contributed by atoms with Crippen LogP contribution in [0.25, 0.3) is 11.3 Å². The van der Waals surface area contributed by atoms with Gasteiger partial charge in [-0.1, -0.05) is 30.3 Å². The lowest BCUT2D eigenvalue weighted by atomic mass is 9.96. The number of aromatic nitrogens is 2. The molecule has 0 spiro atoms. The average Bonchev–Trinajstić information content (AvgIpc) is 2.84. The summed E-state index contributed by atoms with van der Waals surface area (Å²) in [6.07, 6.45) is 3.48. The lowest BCUT2D eigenvalue weighted by Gasteiger charge is -2.34. The maximum atomic E-state index is 13.1. The molecule has 1 aliphatic rings. The number of anilines is 1. The minimum Gasteiger partial charge on any atom is -0.497 e. The first-order valence-corrected chi connectivity index (χ1v) is 10.6. The Labute approximate surface area is 183 Å². The van der Waals surface area contributed by atoms with Crippen molar-refractivity contribution in [2.75, 3.05) is 32.1 Å². The number of rotatable bonds is 6. The van der Waals surface area contributed by atoms with Crippen LogP contribution in [0.4, 0.5) is 5.82 Å². The molecule has 0 bridgehead atoms. The fraction of sp³-hybridized carbons (Fsp3) is 0.320. The van der Waals surface area contributed by atoms with E-state index in [0.717, 1.165) is 47.8 Å². The Morgan fingerprint density at radius 2 is 1.90 bits per heavy atom. The number of ether oxygens (including phenoxy) is 1. The number of piperidine rings is 1. The monoisotopic (exact) mass is 416 g/mol. The average molecular weight is 417 g/mol. The fourth-order valence-corrected chi connectivity index (χ4v) is 4.07. The predicted molar refractivity (Wildman–Crippen MR) is 122 cm³/mol. The van der Waals surface area contributed by atoms with E-state index in [1.807, 2.05) is 60.5 Å². The van der Waals surface area contributed by atoms with Crippen LogP contribution in [0.15, 0.2) is 67.0 Å². The molecule has 2 heterocycles. The van der Waals surface area contributed by atoms with E-state index in [1.165, 1.54) is 0 Å². The van der Waals surface area contributed by atoms with Gasteiger partial charge in [0.1, 0.15) is 17.9 Å². The van der Waals surface area contributed by atoms with Gasteiger partial charge in [0, 0.05) is 38.3 Å². The second kappa shape index (κ2) is 9.60. The number of methoxy groups -OCH3 is 1. The molecule has 0 radical (unpaired) electrons. The minimum atomic E-state index is -0.0261. The molecule has 3 aromatic rings. The van der Waals surface area contributed by atoms with Gasteiger partial charge in [0.15, 0.2) is 0 Å². The highest BCUT2D eigenvalue weighted by Crippen LogP contribution is 2.27. The highest BCUT2D eigenvalue weighted by atomic mass is 16.5. The molecule has 4 rings (SSSR count). The maximum Gasteiger partial charge on any atom is 0.227 e. The quantitative estimate of drug-likeness (QED) is 0.607. The van der Waals surface area contributed by atoms with Crippen molar-refractivity contribution in [2.24, 2.45) is 5.92 Å². The number of hydrogen-bond donors (Lipinski definition) is 0. The van der Waals surface area contributed by atoms with Crippen molar-refractivity contribution in [3.05, 3.63) is 72.6 Å². The van der Waals surface area contributed by atoms with Gasteiger partial charge in [-0.15, -0.1) is 0 Å². The Kier molecular flexibility index (Phi) is 6.46. The van der Waals surface area contributed by atoms with Gasteiger partial charge in [-0.25, -0.2) is 9.97 Å². The van der Waals surface area contributed by atoms with Gasteiger partial charge in [-0.3, -0.25) is 4.79 Å². The van der Waals surface area contributed by atoms with E-state index in [-0.39, 0.29) is 11.8 Å². The van der Waals surface area contributed by atoms with E-state index in [4.69, 9.17) is 4.74 Å². The van der Waals surface area contributed by atoms with E-state index in [0.29, 0.717) is 13.1 Å². The van der Waals surface area contributed by atoms with Crippen LogP contribution in [0.3, 0.4) is 0 Å². The maximum absolute atomic E-state index is 13.1. The summed E-state index contributed by atoms with van der Waals surface area (Å²) in [7, 11) is 3.55. The first-order valence-electron chi connectivity index (χ1n) is 10.6. The molecule has 2 aromatic carbocycles. The van der Waals surface area contributed by atoms with E-state index in [2.05, 4.69) is 27.0 Å². The van der Waals surface area contributed by atoms with E-state index < -0.39 is 0 Å². The first-order chi connectivity index (χ1) is 15.1. The molecule has 1 amide bonds. The third-order valence-electron chi connectivity index (χ3n) is 5.77. The molecule has 1 aliphatic heterocycles. The predicted octanol–water partition coefficient (Wildman–Crippen LogP) is 4.03. The van der Waals surface area contributed by atoms with Crippen LogP contribution in [-0.2, 0) is 11.3 Å². The summed E-state index contributed by atoms with van der Waals surface area (Å²) in [5.41, 5.74) is 3.02. The van der Waals surface area contributed by atoms with Crippen LogP contribution in [0, 0.1) is 5.92 Å². The Morgan fingerprint density at radius 3 is 2.65 bits per heavy atom. The summed E-state index contributed by atoms with van der Waals surface area (Å²) in [5, 5.41) is 0. The summed E-state index contributed by atoms with van der Waals surface area (Å²) in [5.74, 6) is 1.85. The number of benzene rings is 2. The highest BCUT2D eigenvalue weighted by molar-refractivity contribution is 5.79. The summed E-state index contributed by atoms with van der Waals surface area (Å²) in [4.78, 5) is 26.1. The third kappa shape index (κ3) is 5.02. The molecule has 0 saturated carbocycles. The Hall–Kier alpha value is -3.41. The normalized spacial score (nSPS) is 16.1. The van der Waals surface area contributed by atoms with Gasteiger partial charge < -0.3 is 14.5 Å². The molecule has 160 valence electrons. The minimum absolute atomic E-state index is 0.0261. The van der Waals surface area contributed by atoms with Crippen LogP contribution >= 0.6 is 0 Å². The van der Waals surface area contributed by atoms with Crippen molar-refractivity contribution in [3.63, 3.8) is 0 Å². The zero-order valence-corrected chi connectivity index (χ0v) is 18.1. The van der Waals surface area contributed by atoms with Crippen LogP contribution in [0.2, 0.25) is 0 Å². The number of carbonyl (C=O) groups excluding carboxylic acids is 1. The molecule has 1 unspecified atom stereocenters. The van der Waals surface area contributed by atoms with Gasteiger partial charge in [0.2, 0.25) is 5.91 Å². The van der Waals surface area contributed by atoms with Crippen LogP contribution in [0.5, 0.6) is 5.75 Å². The number of hydrogen-bond acceptors (Lipinski definition) is 5. The summed E-state index contributed by atoms with van der Waals surface area (Å²) in [6, 6.07) is 19.9. The van der Waals surface area contributed by atoms with Gasteiger partial charge in [0.05, 0.1) is 18.7 Å². The lowest BCUT2D eigenvalue weighted by molar-refractivity contribution is -0.135. The van der Waals surface area contributed by atoms with E-state index >= 15 is 0 Å². The number of carbonyl (C=O) groups is 1. The van der Waals surface area contributed by atoms with Crippen molar-refractivity contribution in [1.82, 2.24) is 14.9 Å². The molecule has 1 atom stereocenters. The summed E-state index contributed by atoms with van der Waals surface area (Å²) in [6.45, 7) is 2.20. The molecule has 31 heavy (non-hydrogen) atoms. The molecule has 1 saturated heterocycles. The van der Waals surface area contributed by atoms with Crippen molar-refractivity contribution in [1.29, 1.82) is 0 Å². The van der Waals surface area contributed by atoms with Gasteiger partial charge >= 0.3 is 0 Å². The standard InChI is InChI=1S/C25H28N4O2/c1-28(16-19-7-4-3-5-8-19)25(30)21-9-6-14-29(17-21)24-15-23(26-18-27-24)20-10-12-22(31-2)13-11-20/h3-5,7-8,10-13,15,18,21H,6,9,14,16-17H2,1-2H3. The molecule has 1 aromatic heterocycles. The zero-order chi connectivity index (χ0) is 21.6. The summed E-state index contributed by atoms with van der Waals surface area (Å²) >= 11 is 0. The topological polar surface area (TPSA) is 58.6 Å². The highest BCUT2D eigenvalue weighted by Gasteiger charge is 2.28. The second-order valence-corrected chi connectivity index (χ2v) is 7.96. The third-order valence-corrected chi connectivity index (χ3v) is 5.77. The number of amides is 1. The summed E-state index contributed by atoms with van der Waals surface area (Å²) < 4.78 is 5.24. The van der Waals surface area contributed by atoms with Crippen molar-refractivity contribution in [2.45, 2.75) is 19.4 Å². The number of nitrogens with zero attached hydrogens (tertiary/aromatic N) is 4.